The zero-order valence-electron chi connectivity index (χ0n) is 21.1. The van der Waals surface area contributed by atoms with E-state index in [0.717, 1.165) is 21.0 Å². The Balaban J connectivity index is 1.97. The van der Waals surface area contributed by atoms with E-state index in [9.17, 15) is 18.0 Å². The van der Waals surface area contributed by atoms with Gasteiger partial charge in [-0.05, 0) is 62.6 Å². The van der Waals surface area contributed by atoms with Crippen molar-refractivity contribution in [1.29, 1.82) is 0 Å². The third kappa shape index (κ3) is 6.51. The largest absolute Gasteiger partial charge is 0.357 e. The Kier molecular flexibility index (Phi) is 8.88. The smallest absolute Gasteiger partial charge is 0.264 e. The molecule has 36 heavy (non-hydrogen) atoms. The number of sulfonamides is 1. The van der Waals surface area contributed by atoms with Crippen molar-refractivity contribution in [3.8, 4) is 0 Å². The molecular weight excluding hydrogens is 474 g/mol. The van der Waals surface area contributed by atoms with Gasteiger partial charge in [0.15, 0.2) is 0 Å². The maximum Gasteiger partial charge on any atom is 0.264 e. The van der Waals surface area contributed by atoms with Crippen molar-refractivity contribution in [3.63, 3.8) is 0 Å². The Morgan fingerprint density at radius 2 is 1.56 bits per heavy atom. The van der Waals surface area contributed by atoms with E-state index in [2.05, 4.69) is 5.32 Å². The van der Waals surface area contributed by atoms with Crippen LogP contribution in [0.2, 0.25) is 0 Å². The minimum absolute atomic E-state index is 0.0950. The van der Waals surface area contributed by atoms with Gasteiger partial charge < -0.3 is 10.2 Å². The average molecular weight is 508 g/mol. The lowest BCUT2D eigenvalue weighted by molar-refractivity contribution is -0.138. The Morgan fingerprint density at radius 3 is 2.17 bits per heavy atom. The summed E-state index contributed by atoms with van der Waals surface area (Å²) in [7, 11) is -2.54. The average Bonchev–Trinajstić information content (AvgIpc) is 2.87. The third-order valence-electron chi connectivity index (χ3n) is 6.08. The molecular formula is C28H33N3O4S. The van der Waals surface area contributed by atoms with Crippen molar-refractivity contribution in [2.24, 2.45) is 0 Å². The minimum Gasteiger partial charge on any atom is -0.357 e. The molecule has 0 aromatic heterocycles. The predicted octanol–water partition coefficient (Wildman–Crippen LogP) is 3.70. The lowest BCUT2D eigenvalue weighted by Gasteiger charge is -2.31. The molecule has 2 amide bonds. The van der Waals surface area contributed by atoms with Gasteiger partial charge in [-0.2, -0.15) is 0 Å². The zero-order valence-corrected chi connectivity index (χ0v) is 22.0. The molecule has 190 valence electrons. The van der Waals surface area contributed by atoms with Gasteiger partial charge in [-0.15, -0.1) is 0 Å². The van der Waals surface area contributed by atoms with Gasteiger partial charge in [0.1, 0.15) is 12.6 Å². The van der Waals surface area contributed by atoms with E-state index < -0.39 is 28.5 Å². The summed E-state index contributed by atoms with van der Waals surface area (Å²) in [5, 5.41) is 2.59. The first kappa shape index (κ1) is 26.9. The second-order valence-electron chi connectivity index (χ2n) is 8.78. The van der Waals surface area contributed by atoms with Gasteiger partial charge in [-0.25, -0.2) is 8.42 Å². The van der Waals surface area contributed by atoms with Crippen molar-refractivity contribution in [1.82, 2.24) is 10.2 Å². The first-order valence-electron chi connectivity index (χ1n) is 11.8. The summed E-state index contributed by atoms with van der Waals surface area (Å²) in [5.74, 6) is -0.779. The second kappa shape index (κ2) is 11.9. The number of amides is 2. The first-order valence-corrected chi connectivity index (χ1v) is 13.3. The number of anilines is 1. The Bertz CT molecular complexity index is 1290. The van der Waals surface area contributed by atoms with Crippen LogP contribution in [0.25, 0.3) is 0 Å². The lowest BCUT2D eigenvalue weighted by Crippen LogP contribution is -2.51. The molecule has 3 rings (SSSR count). The Labute approximate surface area is 213 Å². The fourth-order valence-corrected chi connectivity index (χ4v) is 5.33. The van der Waals surface area contributed by atoms with Crippen LogP contribution in [0.1, 0.15) is 23.6 Å². The van der Waals surface area contributed by atoms with Crippen LogP contribution in [0.15, 0.2) is 83.8 Å². The van der Waals surface area contributed by atoms with Crippen LogP contribution in [-0.4, -0.2) is 51.3 Å². The number of likely N-dealkylation sites (N-methyl/N-ethyl adjacent to an activating group) is 1. The number of nitrogens with zero attached hydrogens (tertiary/aromatic N) is 2. The van der Waals surface area contributed by atoms with Crippen LogP contribution < -0.4 is 9.62 Å². The normalized spacial score (nSPS) is 12.0. The molecule has 0 fully saturated rings. The third-order valence-corrected chi connectivity index (χ3v) is 7.86. The molecule has 0 bridgehead atoms. The van der Waals surface area contributed by atoms with E-state index >= 15 is 0 Å². The molecule has 0 heterocycles. The van der Waals surface area contributed by atoms with Gasteiger partial charge in [0.2, 0.25) is 11.8 Å². The van der Waals surface area contributed by atoms with Crippen LogP contribution in [0.5, 0.6) is 0 Å². The summed E-state index contributed by atoms with van der Waals surface area (Å²) >= 11 is 0. The monoisotopic (exact) mass is 507 g/mol. The van der Waals surface area contributed by atoms with Crippen molar-refractivity contribution in [3.05, 3.63) is 95.6 Å². The van der Waals surface area contributed by atoms with Gasteiger partial charge in [-0.1, -0.05) is 60.2 Å². The van der Waals surface area contributed by atoms with Gasteiger partial charge in [0, 0.05) is 13.6 Å². The van der Waals surface area contributed by atoms with Crippen molar-refractivity contribution in [2.75, 3.05) is 24.4 Å². The molecule has 1 atom stereocenters. The summed E-state index contributed by atoms with van der Waals surface area (Å²) in [5.41, 5.74) is 3.20. The number of carbonyl (C=O) groups is 2. The molecule has 0 saturated carbocycles. The molecule has 1 N–H and O–H groups in total. The van der Waals surface area contributed by atoms with Crippen molar-refractivity contribution in [2.45, 2.75) is 38.1 Å². The summed E-state index contributed by atoms with van der Waals surface area (Å²) in [4.78, 5) is 27.7. The standard InChI is InChI=1S/C28H33N3O4S/c1-21-13-15-26(16-14-21)36(34,35)31(25-12-8-9-22(2)19-25)20-27(32)30(23(3)28(33)29-4)18-17-24-10-6-5-7-11-24/h5-16,19,23H,17-18,20H2,1-4H3,(H,29,33)/t23-/m1/s1. The lowest BCUT2D eigenvalue weighted by atomic mass is 10.1. The quantitative estimate of drug-likeness (QED) is 0.453. The molecule has 0 aliphatic carbocycles. The number of rotatable bonds is 10. The fraction of sp³-hybridized carbons (Fsp3) is 0.286. The SMILES string of the molecule is CNC(=O)[C@@H](C)N(CCc1ccccc1)C(=O)CN(c1cccc(C)c1)S(=O)(=O)c1ccc(C)cc1. The van der Waals surface area contributed by atoms with Crippen LogP contribution in [0.3, 0.4) is 0 Å². The molecule has 7 nitrogen and oxygen atoms in total. The van der Waals surface area contributed by atoms with Gasteiger partial charge >= 0.3 is 0 Å². The minimum atomic E-state index is -4.05. The summed E-state index contributed by atoms with van der Waals surface area (Å²) < 4.78 is 28.6. The van der Waals surface area contributed by atoms with Gasteiger partial charge in [0.05, 0.1) is 10.6 Å². The highest BCUT2D eigenvalue weighted by Gasteiger charge is 2.32. The highest BCUT2D eigenvalue weighted by molar-refractivity contribution is 7.92. The molecule has 0 aliphatic heterocycles. The summed E-state index contributed by atoms with van der Waals surface area (Å²) in [6.45, 7) is 5.22. The number of hydrogen-bond donors (Lipinski definition) is 1. The van der Waals surface area contributed by atoms with Crippen molar-refractivity contribution < 1.29 is 18.0 Å². The molecule has 3 aromatic rings. The summed E-state index contributed by atoms with van der Waals surface area (Å²) in [6.07, 6.45) is 0.531. The molecule has 0 radical (unpaired) electrons. The first-order chi connectivity index (χ1) is 17.1. The molecule has 3 aromatic carbocycles. The highest BCUT2D eigenvalue weighted by atomic mass is 32.2. The number of benzene rings is 3. The fourth-order valence-electron chi connectivity index (χ4n) is 3.93. The molecule has 0 spiro atoms. The van der Waals surface area contributed by atoms with Gasteiger partial charge in [-0.3, -0.25) is 13.9 Å². The number of hydrogen-bond acceptors (Lipinski definition) is 4. The van der Waals surface area contributed by atoms with E-state index in [-0.39, 0.29) is 17.3 Å². The second-order valence-corrected chi connectivity index (χ2v) is 10.6. The van der Waals surface area contributed by atoms with E-state index in [1.807, 2.05) is 50.2 Å². The van der Waals surface area contributed by atoms with E-state index in [0.29, 0.717) is 12.1 Å². The number of nitrogens with one attached hydrogen (secondary N) is 1. The number of aryl methyl sites for hydroxylation is 2. The maximum absolute atomic E-state index is 13.7. The number of carbonyl (C=O) groups excluding carboxylic acids is 2. The van der Waals surface area contributed by atoms with Gasteiger partial charge in [0.25, 0.3) is 10.0 Å². The Hall–Kier alpha value is -3.65. The molecule has 0 aliphatic rings. The molecule has 8 heteroatoms. The molecule has 0 saturated heterocycles. The molecule has 0 unspecified atom stereocenters. The van der Waals surface area contributed by atoms with E-state index in [4.69, 9.17) is 0 Å². The maximum atomic E-state index is 13.7. The topological polar surface area (TPSA) is 86.8 Å². The van der Waals surface area contributed by atoms with E-state index in [1.165, 1.54) is 24.1 Å². The van der Waals surface area contributed by atoms with Crippen LogP contribution in [0, 0.1) is 13.8 Å². The van der Waals surface area contributed by atoms with Crippen LogP contribution >= 0.6 is 0 Å². The Morgan fingerprint density at radius 1 is 0.889 bits per heavy atom. The van der Waals surface area contributed by atoms with E-state index in [1.54, 1.807) is 37.3 Å². The highest BCUT2D eigenvalue weighted by Crippen LogP contribution is 2.25. The van der Waals surface area contributed by atoms with Crippen LogP contribution in [0.4, 0.5) is 5.69 Å². The summed E-state index contributed by atoms with van der Waals surface area (Å²) in [6, 6.07) is 22.4. The van der Waals surface area contributed by atoms with Crippen molar-refractivity contribution >= 4 is 27.5 Å². The van der Waals surface area contributed by atoms with Crippen LogP contribution in [-0.2, 0) is 26.0 Å². The predicted molar refractivity (Wildman–Crippen MR) is 142 cm³/mol. The zero-order chi connectivity index (χ0) is 26.3.